The van der Waals surface area contributed by atoms with Crippen molar-refractivity contribution in [3.8, 4) is 0 Å². The standard InChI is InChI=1S/C11H12F3NO2/c1-7-2-4-8(5-3-7)10(17)15-6-9(16)11(12,13)14/h2-5,9,16H,6H2,1H3,(H,15,17). The van der Waals surface area contributed by atoms with E-state index in [1.54, 1.807) is 12.1 Å². The summed E-state index contributed by atoms with van der Waals surface area (Å²) in [6, 6.07) is 6.36. The quantitative estimate of drug-likeness (QED) is 0.853. The van der Waals surface area contributed by atoms with E-state index in [9.17, 15) is 18.0 Å². The highest BCUT2D eigenvalue weighted by atomic mass is 19.4. The SMILES string of the molecule is Cc1ccc(C(=O)NCC(O)C(F)(F)F)cc1. The average Bonchev–Trinajstić information content (AvgIpc) is 2.25. The molecule has 1 atom stereocenters. The van der Waals surface area contributed by atoms with Gasteiger partial charge in [-0.3, -0.25) is 4.79 Å². The van der Waals surface area contributed by atoms with Gasteiger partial charge in [-0.1, -0.05) is 17.7 Å². The maximum Gasteiger partial charge on any atom is 0.416 e. The number of benzene rings is 1. The van der Waals surface area contributed by atoms with Gasteiger partial charge in [0.15, 0.2) is 6.10 Å². The molecule has 17 heavy (non-hydrogen) atoms. The van der Waals surface area contributed by atoms with Gasteiger partial charge < -0.3 is 10.4 Å². The summed E-state index contributed by atoms with van der Waals surface area (Å²) in [4.78, 5) is 11.4. The maximum atomic E-state index is 12.0. The molecule has 3 nitrogen and oxygen atoms in total. The van der Waals surface area contributed by atoms with Crippen LogP contribution in [0.3, 0.4) is 0 Å². The van der Waals surface area contributed by atoms with E-state index in [4.69, 9.17) is 5.11 Å². The Morgan fingerprint density at radius 3 is 2.35 bits per heavy atom. The zero-order valence-corrected chi connectivity index (χ0v) is 9.08. The zero-order valence-electron chi connectivity index (χ0n) is 9.08. The predicted octanol–water partition coefficient (Wildman–Crippen LogP) is 1.65. The maximum absolute atomic E-state index is 12.0. The molecule has 0 radical (unpaired) electrons. The molecule has 0 fully saturated rings. The Hall–Kier alpha value is -1.56. The van der Waals surface area contributed by atoms with Gasteiger partial charge in [-0.15, -0.1) is 0 Å². The highest BCUT2D eigenvalue weighted by Gasteiger charge is 2.38. The van der Waals surface area contributed by atoms with Crippen molar-refractivity contribution in [2.75, 3.05) is 6.54 Å². The lowest BCUT2D eigenvalue weighted by atomic mass is 10.1. The van der Waals surface area contributed by atoms with E-state index in [1.807, 2.05) is 12.2 Å². The molecule has 2 N–H and O–H groups in total. The van der Waals surface area contributed by atoms with Crippen LogP contribution in [0, 0.1) is 6.92 Å². The van der Waals surface area contributed by atoms with E-state index in [0.717, 1.165) is 5.56 Å². The van der Waals surface area contributed by atoms with Crippen molar-refractivity contribution in [1.82, 2.24) is 5.32 Å². The molecule has 0 bridgehead atoms. The molecule has 0 aliphatic carbocycles. The third-order valence-corrected chi connectivity index (χ3v) is 2.15. The van der Waals surface area contributed by atoms with Crippen molar-refractivity contribution in [2.24, 2.45) is 0 Å². The number of rotatable bonds is 3. The number of hydrogen-bond acceptors (Lipinski definition) is 2. The number of aliphatic hydroxyl groups is 1. The second-order valence-corrected chi connectivity index (χ2v) is 3.63. The van der Waals surface area contributed by atoms with Gasteiger partial charge in [-0.05, 0) is 19.1 Å². The number of aryl methyl sites for hydroxylation is 1. The first kappa shape index (κ1) is 13.5. The smallest absolute Gasteiger partial charge is 0.382 e. The van der Waals surface area contributed by atoms with Crippen LogP contribution in [0.1, 0.15) is 15.9 Å². The lowest BCUT2D eigenvalue weighted by Crippen LogP contribution is -2.40. The second kappa shape index (κ2) is 5.18. The van der Waals surface area contributed by atoms with E-state index in [0.29, 0.717) is 0 Å². The van der Waals surface area contributed by atoms with Gasteiger partial charge in [0, 0.05) is 5.56 Å². The first-order valence-corrected chi connectivity index (χ1v) is 4.90. The summed E-state index contributed by atoms with van der Waals surface area (Å²) in [5, 5.41) is 10.7. The number of amides is 1. The van der Waals surface area contributed by atoms with Gasteiger partial charge in [0.05, 0.1) is 6.54 Å². The normalized spacial score (nSPS) is 13.2. The molecule has 1 aromatic carbocycles. The molecular formula is C11H12F3NO2. The van der Waals surface area contributed by atoms with Crippen LogP contribution in [-0.4, -0.2) is 29.8 Å². The van der Waals surface area contributed by atoms with Crippen LogP contribution < -0.4 is 5.32 Å². The third kappa shape index (κ3) is 4.07. The Balaban J connectivity index is 2.53. The molecule has 0 saturated carbocycles. The molecule has 0 aliphatic rings. The Bertz CT molecular complexity index is 387. The van der Waals surface area contributed by atoms with Crippen LogP contribution in [0.5, 0.6) is 0 Å². The highest BCUT2D eigenvalue weighted by molar-refractivity contribution is 5.94. The minimum absolute atomic E-state index is 0.255. The zero-order chi connectivity index (χ0) is 13.1. The molecule has 1 unspecified atom stereocenters. The predicted molar refractivity (Wildman–Crippen MR) is 55.6 cm³/mol. The van der Waals surface area contributed by atoms with Crippen molar-refractivity contribution in [3.05, 3.63) is 35.4 Å². The topological polar surface area (TPSA) is 49.3 Å². The number of hydrogen-bond donors (Lipinski definition) is 2. The fourth-order valence-electron chi connectivity index (χ4n) is 1.11. The van der Waals surface area contributed by atoms with Gasteiger partial charge in [0.1, 0.15) is 0 Å². The molecule has 1 rings (SSSR count). The summed E-state index contributed by atoms with van der Waals surface area (Å²) in [7, 11) is 0. The van der Waals surface area contributed by atoms with Crippen LogP contribution in [0.15, 0.2) is 24.3 Å². The molecule has 6 heteroatoms. The highest BCUT2D eigenvalue weighted by Crippen LogP contribution is 2.19. The molecule has 94 valence electrons. The van der Waals surface area contributed by atoms with E-state index in [-0.39, 0.29) is 5.56 Å². The van der Waals surface area contributed by atoms with Crippen molar-refractivity contribution in [2.45, 2.75) is 19.2 Å². The van der Waals surface area contributed by atoms with Crippen LogP contribution in [0.25, 0.3) is 0 Å². The van der Waals surface area contributed by atoms with Crippen molar-refractivity contribution < 1.29 is 23.1 Å². The Morgan fingerprint density at radius 2 is 1.88 bits per heavy atom. The molecule has 0 spiro atoms. The molecule has 1 amide bonds. The Morgan fingerprint density at radius 1 is 1.35 bits per heavy atom. The number of halogens is 3. The molecule has 0 saturated heterocycles. The lowest BCUT2D eigenvalue weighted by molar-refractivity contribution is -0.201. The van der Waals surface area contributed by atoms with Gasteiger partial charge in [0.25, 0.3) is 5.91 Å². The van der Waals surface area contributed by atoms with Crippen LogP contribution in [0.2, 0.25) is 0 Å². The number of carbonyl (C=O) groups excluding carboxylic acids is 1. The molecule has 0 aromatic heterocycles. The van der Waals surface area contributed by atoms with Crippen molar-refractivity contribution in [1.29, 1.82) is 0 Å². The number of carbonyl (C=O) groups is 1. The minimum atomic E-state index is -4.72. The number of nitrogens with one attached hydrogen (secondary N) is 1. The molecule has 0 aliphatic heterocycles. The largest absolute Gasteiger partial charge is 0.416 e. The molecule has 1 aromatic rings. The summed E-state index contributed by atoms with van der Waals surface area (Å²) in [5.41, 5.74) is 1.20. The van der Waals surface area contributed by atoms with Gasteiger partial charge in [-0.25, -0.2) is 0 Å². The summed E-state index contributed by atoms with van der Waals surface area (Å²) < 4.78 is 35.9. The van der Waals surface area contributed by atoms with Crippen molar-refractivity contribution >= 4 is 5.91 Å². The Labute approximate surface area is 96.3 Å². The van der Waals surface area contributed by atoms with Gasteiger partial charge in [-0.2, -0.15) is 13.2 Å². The van der Waals surface area contributed by atoms with Crippen LogP contribution >= 0.6 is 0 Å². The van der Waals surface area contributed by atoms with E-state index < -0.39 is 24.7 Å². The molecular weight excluding hydrogens is 235 g/mol. The summed E-state index contributed by atoms with van der Waals surface area (Å²) in [5.74, 6) is -0.645. The Kier molecular flexibility index (Phi) is 4.11. The van der Waals surface area contributed by atoms with E-state index in [1.165, 1.54) is 12.1 Å². The first-order chi connectivity index (χ1) is 7.80. The van der Waals surface area contributed by atoms with E-state index >= 15 is 0 Å². The van der Waals surface area contributed by atoms with Crippen LogP contribution in [0.4, 0.5) is 13.2 Å². The average molecular weight is 247 g/mol. The minimum Gasteiger partial charge on any atom is -0.382 e. The van der Waals surface area contributed by atoms with Crippen LogP contribution in [-0.2, 0) is 0 Å². The fourth-order valence-corrected chi connectivity index (χ4v) is 1.11. The third-order valence-electron chi connectivity index (χ3n) is 2.15. The first-order valence-electron chi connectivity index (χ1n) is 4.90. The summed E-state index contributed by atoms with van der Waals surface area (Å²) in [6.07, 6.45) is -7.27. The van der Waals surface area contributed by atoms with Crippen molar-refractivity contribution in [3.63, 3.8) is 0 Å². The van der Waals surface area contributed by atoms with Gasteiger partial charge >= 0.3 is 6.18 Å². The monoisotopic (exact) mass is 247 g/mol. The lowest BCUT2D eigenvalue weighted by Gasteiger charge is -2.14. The summed E-state index contributed by atoms with van der Waals surface area (Å²) in [6.45, 7) is 0.977. The number of alkyl halides is 3. The summed E-state index contributed by atoms with van der Waals surface area (Å²) >= 11 is 0. The van der Waals surface area contributed by atoms with Gasteiger partial charge in [0.2, 0.25) is 0 Å². The fraction of sp³-hybridized carbons (Fsp3) is 0.364. The molecule has 0 heterocycles. The number of aliphatic hydroxyl groups excluding tert-OH is 1. The van der Waals surface area contributed by atoms with E-state index in [2.05, 4.69) is 0 Å². The second-order valence-electron chi connectivity index (χ2n) is 3.63.